The van der Waals surface area contributed by atoms with Gasteiger partial charge >= 0.3 is 5.97 Å². The molecule has 0 aliphatic carbocycles. The van der Waals surface area contributed by atoms with E-state index in [1.54, 1.807) is 4.90 Å². The van der Waals surface area contributed by atoms with Gasteiger partial charge in [-0.15, -0.1) is 0 Å². The van der Waals surface area contributed by atoms with Crippen molar-refractivity contribution in [2.45, 2.75) is 32.1 Å². The SMILES string of the molecule is O=C(O)C1CCCN(C(=O)CCCc2ccc3ccccc3c2)C1. The minimum atomic E-state index is -0.788. The molecule has 1 unspecified atom stereocenters. The third-order valence-corrected chi connectivity index (χ3v) is 4.79. The van der Waals surface area contributed by atoms with Gasteiger partial charge in [-0.2, -0.15) is 0 Å². The first-order valence-corrected chi connectivity index (χ1v) is 8.62. The first kappa shape index (κ1) is 16.5. The van der Waals surface area contributed by atoms with E-state index in [0.29, 0.717) is 25.9 Å². The number of hydrogen-bond donors (Lipinski definition) is 1. The third-order valence-electron chi connectivity index (χ3n) is 4.79. The first-order chi connectivity index (χ1) is 11.6. The second kappa shape index (κ2) is 7.47. The summed E-state index contributed by atoms with van der Waals surface area (Å²) in [6.45, 7) is 1.06. The summed E-state index contributed by atoms with van der Waals surface area (Å²) in [5.41, 5.74) is 1.24. The van der Waals surface area contributed by atoms with Crippen LogP contribution in [0.1, 0.15) is 31.2 Å². The van der Waals surface area contributed by atoms with Crippen molar-refractivity contribution in [3.8, 4) is 0 Å². The molecule has 1 heterocycles. The molecule has 1 aliphatic heterocycles. The van der Waals surface area contributed by atoms with Gasteiger partial charge < -0.3 is 10.0 Å². The molecule has 2 aromatic rings. The van der Waals surface area contributed by atoms with Crippen molar-refractivity contribution < 1.29 is 14.7 Å². The standard InChI is InChI=1S/C20H23NO3/c22-19(21-12-4-8-18(14-21)20(23)24)9-3-5-15-10-11-16-6-1-2-7-17(16)13-15/h1-2,6-7,10-11,13,18H,3-5,8-9,12,14H2,(H,23,24). The second-order valence-electron chi connectivity index (χ2n) is 6.55. The minimum Gasteiger partial charge on any atom is -0.481 e. The van der Waals surface area contributed by atoms with Gasteiger partial charge in [-0.25, -0.2) is 0 Å². The molecule has 1 saturated heterocycles. The molecule has 4 nitrogen and oxygen atoms in total. The average Bonchev–Trinajstić information content (AvgIpc) is 2.61. The molecule has 0 aromatic heterocycles. The molecule has 0 radical (unpaired) electrons. The van der Waals surface area contributed by atoms with E-state index in [1.807, 2.05) is 12.1 Å². The highest BCUT2D eigenvalue weighted by Gasteiger charge is 2.27. The summed E-state index contributed by atoms with van der Waals surface area (Å²) >= 11 is 0. The monoisotopic (exact) mass is 325 g/mol. The van der Waals surface area contributed by atoms with Gasteiger partial charge in [-0.3, -0.25) is 9.59 Å². The zero-order valence-electron chi connectivity index (χ0n) is 13.8. The highest BCUT2D eigenvalue weighted by molar-refractivity contribution is 5.83. The van der Waals surface area contributed by atoms with Gasteiger partial charge in [0.25, 0.3) is 0 Å². The first-order valence-electron chi connectivity index (χ1n) is 8.62. The zero-order chi connectivity index (χ0) is 16.9. The summed E-state index contributed by atoms with van der Waals surface area (Å²) in [6.07, 6.45) is 3.61. The Morgan fingerprint density at radius 2 is 1.92 bits per heavy atom. The minimum absolute atomic E-state index is 0.0849. The van der Waals surface area contributed by atoms with E-state index < -0.39 is 11.9 Å². The van der Waals surface area contributed by atoms with E-state index in [0.717, 1.165) is 19.3 Å². The highest BCUT2D eigenvalue weighted by Crippen LogP contribution is 2.19. The number of rotatable bonds is 5. The number of amides is 1. The second-order valence-corrected chi connectivity index (χ2v) is 6.55. The van der Waals surface area contributed by atoms with Crippen LogP contribution < -0.4 is 0 Å². The summed E-state index contributed by atoms with van der Waals surface area (Å²) in [6, 6.07) is 14.7. The van der Waals surface area contributed by atoms with Crippen LogP contribution in [-0.4, -0.2) is 35.0 Å². The lowest BCUT2D eigenvalue weighted by Crippen LogP contribution is -2.42. The number of carbonyl (C=O) groups excluding carboxylic acids is 1. The highest BCUT2D eigenvalue weighted by atomic mass is 16.4. The van der Waals surface area contributed by atoms with Gasteiger partial charge in [-0.05, 0) is 42.0 Å². The van der Waals surface area contributed by atoms with Crippen molar-refractivity contribution in [1.82, 2.24) is 4.90 Å². The van der Waals surface area contributed by atoms with E-state index in [2.05, 4.69) is 30.3 Å². The number of aliphatic carboxylic acids is 1. The molecule has 0 spiro atoms. The lowest BCUT2D eigenvalue weighted by Gasteiger charge is -2.30. The number of carboxylic acid groups (broad SMARTS) is 1. The summed E-state index contributed by atoms with van der Waals surface area (Å²) in [7, 11) is 0. The molecule has 1 amide bonds. The Morgan fingerprint density at radius 1 is 1.12 bits per heavy atom. The van der Waals surface area contributed by atoms with E-state index in [1.165, 1.54) is 16.3 Å². The molecule has 24 heavy (non-hydrogen) atoms. The van der Waals surface area contributed by atoms with Crippen LogP contribution in [0.15, 0.2) is 42.5 Å². The summed E-state index contributed by atoms with van der Waals surface area (Å²) in [5, 5.41) is 11.6. The molecular formula is C20H23NO3. The number of aryl methyl sites for hydroxylation is 1. The number of hydrogen-bond acceptors (Lipinski definition) is 2. The number of benzene rings is 2. The number of likely N-dealkylation sites (tertiary alicyclic amines) is 1. The van der Waals surface area contributed by atoms with Gasteiger partial charge in [0, 0.05) is 19.5 Å². The van der Waals surface area contributed by atoms with E-state index in [-0.39, 0.29) is 5.91 Å². The Hall–Kier alpha value is -2.36. The molecule has 1 fully saturated rings. The van der Waals surface area contributed by atoms with Crippen LogP contribution in [0.3, 0.4) is 0 Å². The van der Waals surface area contributed by atoms with E-state index >= 15 is 0 Å². The third kappa shape index (κ3) is 3.94. The number of carboxylic acids is 1. The van der Waals surface area contributed by atoms with Crippen molar-refractivity contribution in [3.63, 3.8) is 0 Å². The molecule has 0 bridgehead atoms. The van der Waals surface area contributed by atoms with Gasteiger partial charge in [0.1, 0.15) is 0 Å². The number of piperidine rings is 1. The van der Waals surface area contributed by atoms with Crippen molar-refractivity contribution in [2.24, 2.45) is 5.92 Å². The molecule has 126 valence electrons. The number of carbonyl (C=O) groups is 2. The Balaban J connectivity index is 1.51. The molecule has 1 atom stereocenters. The molecule has 1 aliphatic rings. The number of fused-ring (bicyclic) bond motifs is 1. The maximum absolute atomic E-state index is 12.3. The van der Waals surface area contributed by atoms with E-state index in [4.69, 9.17) is 5.11 Å². The average molecular weight is 325 g/mol. The molecule has 2 aromatic carbocycles. The van der Waals surface area contributed by atoms with Crippen LogP contribution in [0.4, 0.5) is 0 Å². The van der Waals surface area contributed by atoms with Crippen LogP contribution >= 0.6 is 0 Å². The maximum atomic E-state index is 12.3. The lowest BCUT2D eigenvalue weighted by atomic mass is 9.97. The van der Waals surface area contributed by atoms with Crippen molar-refractivity contribution >= 4 is 22.6 Å². The summed E-state index contributed by atoms with van der Waals surface area (Å²) in [5.74, 6) is -1.10. The predicted octanol–water partition coefficient (Wildman–Crippen LogP) is 3.49. The van der Waals surface area contributed by atoms with Gasteiger partial charge in [0.05, 0.1) is 5.92 Å². The molecule has 0 saturated carbocycles. The quantitative estimate of drug-likeness (QED) is 0.915. The van der Waals surface area contributed by atoms with Crippen LogP contribution in [0.5, 0.6) is 0 Å². The smallest absolute Gasteiger partial charge is 0.308 e. The molecule has 4 heteroatoms. The maximum Gasteiger partial charge on any atom is 0.308 e. The predicted molar refractivity (Wildman–Crippen MR) is 93.8 cm³/mol. The normalized spacial score (nSPS) is 17.8. The Morgan fingerprint density at radius 3 is 2.71 bits per heavy atom. The topological polar surface area (TPSA) is 57.6 Å². The van der Waals surface area contributed by atoms with Gasteiger partial charge in [0.15, 0.2) is 0 Å². The van der Waals surface area contributed by atoms with Crippen LogP contribution in [0, 0.1) is 5.92 Å². The van der Waals surface area contributed by atoms with Crippen molar-refractivity contribution in [2.75, 3.05) is 13.1 Å². The Labute approximate surface area is 142 Å². The lowest BCUT2D eigenvalue weighted by molar-refractivity contribution is -0.145. The van der Waals surface area contributed by atoms with Gasteiger partial charge in [-0.1, -0.05) is 42.5 Å². The summed E-state index contributed by atoms with van der Waals surface area (Å²) in [4.78, 5) is 25.1. The molecular weight excluding hydrogens is 302 g/mol. The van der Waals surface area contributed by atoms with Crippen LogP contribution in [-0.2, 0) is 16.0 Å². The zero-order valence-corrected chi connectivity index (χ0v) is 13.8. The fourth-order valence-corrected chi connectivity index (χ4v) is 3.40. The number of nitrogens with zero attached hydrogens (tertiary/aromatic N) is 1. The largest absolute Gasteiger partial charge is 0.481 e. The van der Waals surface area contributed by atoms with Crippen molar-refractivity contribution in [1.29, 1.82) is 0 Å². The van der Waals surface area contributed by atoms with Crippen molar-refractivity contribution in [3.05, 3.63) is 48.0 Å². The Bertz CT molecular complexity index is 740. The van der Waals surface area contributed by atoms with E-state index in [9.17, 15) is 9.59 Å². The molecule has 3 rings (SSSR count). The summed E-state index contributed by atoms with van der Waals surface area (Å²) < 4.78 is 0. The van der Waals surface area contributed by atoms with Crippen LogP contribution in [0.25, 0.3) is 10.8 Å². The van der Waals surface area contributed by atoms with Crippen LogP contribution in [0.2, 0.25) is 0 Å². The van der Waals surface area contributed by atoms with Gasteiger partial charge in [0.2, 0.25) is 5.91 Å². The Kier molecular flexibility index (Phi) is 5.14. The molecule has 1 N–H and O–H groups in total. The fourth-order valence-electron chi connectivity index (χ4n) is 3.40. The fraction of sp³-hybridized carbons (Fsp3) is 0.400.